The summed E-state index contributed by atoms with van der Waals surface area (Å²) in [5.74, 6) is 0.160. The highest BCUT2D eigenvalue weighted by atomic mass is 35.5. The van der Waals surface area contributed by atoms with Gasteiger partial charge in [0.25, 0.3) is 5.91 Å². The zero-order valence-electron chi connectivity index (χ0n) is 11.6. The Hall–Kier alpha value is -1.94. The first-order valence-electron chi connectivity index (χ1n) is 7.07. The molecule has 1 aliphatic rings. The van der Waals surface area contributed by atoms with Gasteiger partial charge in [-0.3, -0.25) is 4.79 Å². The molecular formula is C16H17ClN2O2. The molecular weight excluding hydrogens is 288 g/mol. The van der Waals surface area contributed by atoms with Gasteiger partial charge >= 0.3 is 0 Å². The third-order valence-corrected chi connectivity index (χ3v) is 3.83. The Balaban J connectivity index is 1.58. The van der Waals surface area contributed by atoms with Crippen LogP contribution in [-0.4, -0.2) is 22.1 Å². The van der Waals surface area contributed by atoms with Crippen LogP contribution in [0.4, 0.5) is 0 Å². The van der Waals surface area contributed by atoms with Crippen LogP contribution >= 0.6 is 11.6 Å². The van der Waals surface area contributed by atoms with Gasteiger partial charge in [0.05, 0.1) is 5.02 Å². The first-order valence-corrected chi connectivity index (χ1v) is 7.45. The van der Waals surface area contributed by atoms with Crippen LogP contribution in [0.15, 0.2) is 36.5 Å². The normalized spacial score (nSPS) is 14.1. The number of halogens is 1. The van der Waals surface area contributed by atoms with Gasteiger partial charge in [-0.25, -0.2) is 0 Å². The highest BCUT2D eigenvalue weighted by Crippen LogP contribution is 2.37. The van der Waals surface area contributed by atoms with Crippen molar-refractivity contribution in [3.8, 4) is 5.75 Å². The number of hydrogen-bond donors (Lipinski definition) is 2. The Kier molecular flexibility index (Phi) is 3.88. The van der Waals surface area contributed by atoms with Crippen molar-refractivity contribution < 1.29 is 9.90 Å². The molecule has 2 aromatic rings. The lowest BCUT2D eigenvalue weighted by atomic mass is 10.1. The van der Waals surface area contributed by atoms with Crippen molar-refractivity contribution in [3.63, 3.8) is 0 Å². The summed E-state index contributed by atoms with van der Waals surface area (Å²) >= 11 is 6.00. The van der Waals surface area contributed by atoms with Crippen LogP contribution in [0.3, 0.4) is 0 Å². The molecule has 1 amide bonds. The topological polar surface area (TPSA) is 54.3 Å². The molecule has 0 spiro atoms. The summed E-state index contributed by atoms with van der Waals surface area (Å²) in [5.41, 5.74) is 1.71. The lowest BCUT2D eigenvalue weighted by Crippen LogP contribution is -2.27. The summed E-state index contributed by atoms with van der Waals surface area (Å²) in [6.07, 6.45) is 4.77. The van der Waals surface area contributed by atoms with Gasteiger partial charge in [0.2, 0.25) is 0 Å². The molecule has 110 valence electrons. The number of phenols is 1. The Morgan fingerprint density at radius 1 is 1.33 bits per heavy atom. The van der Waals surface area contributed by atoms with Gasteiger partial charge in [0.15, 0.2) is 0 Å². The maximum absolute atomic E-state index is 12.2. The summed E-state index contributed by atoms with van der Waals surface area (Å²) in [4.78, 5) is 12.2. The van der Waals surface area contributed by atoms with Crippen molar-refractivity contribution in [2.45, 2.75) is 25.3 Å². The standard InChI is InChI=1S/C16H17ClN2O2/c17-12-9-15(19(10-12)13-3-4-13)16(21)18-8-7-11-1-5-14(20)6-2-11/h1-2,5-6,9-10,13,20H,3-4,7-8H2,(H,18,21). The van der Waals surface area contributed by atoms with Crippen LogP contribution < -0.4 is 5.32 Å². The number of amides is 1. The lowest BCUT2D eigenvalue weighted by Gasteiger charge is -2.08. The van der Waals surface area contributed by atoms with E-state index in [0.717, 1.165) is 24.8 Å². The number of aromatic hydroxyl groups is 1. The summed E-state index contributed by atoms with van der Waals surface area (Å²) in [6.45, 7) is 0.553. The van der Waals surface area contributed by atoms with E-state index < -0.39 is 0 Å². The Labute approximate surface area is 128 Å². The van der Waals surface area contributed by atoms with E-state index in [1.165, 1.54) is 0 Å². The Morgan fingerprint density at radius 2 is 2.05 bits per heavy atom. The molecule has 4 nitrogen and oxygen atoms in total. The van der Waals surface area contributed by atoms with E-state index in [0.29, 0.717) is 23.3 Å². The average Bonchev–Trinajstić information content (AvgIpc) is 3.23. The smallest absolute Gasteiger partial charge is 0.267 e. The minimum absolute atomic E-state index is 0.0902. The average molecular weight is 305 g/mol. The fourth-order valence-corrected chi connectivity index (χ4v) is 2.56. The highest BCUT2D eigenvalue weighted by molar-refractivity contribution is 6.31. The molecule has 0 radical (unpaired) electrons. The van der Waals surface area contributed by atoms with Gasteiger partial charge < -0.3 is 15.0 Å². The van der Waals surface area contributed by atoms with Gasteiger partial charge in [-0.15, -0.1) is 0 Å². The molecule has 0 bridgehead atoms. The third-order valence-electron chi connectivity index (χ3n) is 3.62. The molecule has 1 aromatic carbocycles. The summed E-state index contributed by atoms with van der Waals surface area (Å²) < 4.78 is 1.97. The van der Waals surface area contributed by atoms with E-state index >= 15 is 0 Å². The SMILES string of the molecule is O=C(NCCc1ccc(O)cc1)c1cc(Cl)cn1C1CC1. The zero-order chi connectivity index (χ0) is 14.8. The number of hydrogen-bond acceptors (Lipinski definition) is 2. The van der Waals surface area contributed by atoms with E-state index in [4.69, 9.17) is 11.6 Å². The van der Waals surface area contributed by atoms with E-state index in [9.17, 15) is 9.90 Å². The number of benzene rings is 1. The van der Waals surface area contributed by atoms with Gasteiger partial charge in [-0.2, -0.15) is 0 Å². The zero-order valence-corrected chi connectivity index (χ0v) is 12.3. The fourth-order valence-electron chi connectivity index (χ4n) is 2.36. The second-order valence-electron chi connectivity index (χ2n) is 5.35. The molecule has 1 saturated carbocycles. The van der Waals surface area contributed by atoms with Gasteiger partial charge in [-0.05, 0) is 43.0 Å². The van der Waals surface area contributed by atoms with Gasteiger partial charge in [0, 0.05) is 18.8 Å². The molecule has 1 aromatic heterocycles. The molecule has 1 aliphatic carbocycles. The first-order chi connectivity index (χ1) is 10.1. The summed E-state index contributed by atoms with van der Waals surface area (Å²) in [6, 6.07) is 9.15. The number of phenolic OH excluding ortho intramolecular Hbond substituents is 1. The van der Waals surface area contributed by atoms with Crippen molar-refractivity contribution in [3.05, 3.63) is 52.8 Å². The van der Waals surface area contributed by atoms with Crippen LogP contribution in [0.2, 0.25) is 5.02 Å². The summed E-state index contributed by atoms with van der Waals surface area (Å²) in [7, 11) is 0. The summed E-state index contributed by atoms with van der Waals surface area (Å²) in [5, 5.41) is 12.7. The monoisotopic (exact) mass is 304 g/mol. The van der Waals surface area contributed by atoms with Crippen LogP contribution in [-0.2, 0) is 6.42 Å². The molecule has 21 heavy (non-hydrogen) atoms. The second-order valence-corrected chi connectivity index (χ2v) is 5.79. The van der Waals surface area contributed by atoms with Gasteiger partial charge in [0.1, 0.15) is 11.4 Å². The molecule has 0 saturated heterocycles. The van der Waals surface area contributed by atoms with E-state index in [1.807, 2.05) is 22.9 Å². The molecule has 1 fully saturated rings. The molecule has 5 heteroatoms. The van der Waals surface area contributed by atoms with E-state index in [-0.39, 0.29) is 11.7 Å². The Bertz CT molecular complexity index is 645. The van der Waals surface area contributed by atoms with Crippen molar-refractivity contribution in [2.75, 3.05) is 6.54 Å². The largest absolute Gasteiger partial charge is 0.508 e. The molecule has 3 rings (SSSR count). The lowest BCUT2D eigenvalue weighted by molar-refractivity contribution is 0.0944. The minimum Gasteiger partial charge on any atom is -0.508 e. The van der Waals surface area contributed by atoms with Crippen molar-refractivity contribution >= 4 is 17.5 Å². The predicted octanol–water partition coefficient (Wildman–Crippen LogP) is 3.15. The Morgan fingerprint density at radius 3 is 2.71 bits per heavy atom. The number of nitrogens with zero attached hydrogens (tertiary/aromatic N) is 1. The molecule has 1 heterocycles. The number of aromatic nitrogens is 1. The first kappa shape index (κ1) is 14.0. The van der Waals surface area contributed by atoms with Crippen molar-refractivity contribution in [1.82, 2.24) is 9.88 Å². The van der Waals surface area contributed by atoms with Gasteiger partial charge in [-0.1, -0.05) is 23.7 Å². The third kappa shape index (κ3) is 3.39. The minimum atomic E-state index is -0.0902. The van der Waals surface area contributed by atoms with E-state index in [1.54, 1.807) is 18.2 Å². The second kappa shape index (κ2) is 5.82. The van der Waals surface area contributed by atoms with Crippen LogP contribution in [0.1, 0.15) is 34.9 Å². The van der Waals surface area contributed by atoms with Crippen LogP contribution in [0.5, 0.6) is 5.75 Å². The highest BCUT2D eigenvalue weighted by Gasteiger charge is 2.27. The van der Waals surface area contributed by atoms with Crippen LogP contribution in [0.25, 0.3) is 0 Å². The quantitative estimate of drug-likeness (QED) is 0.891. The molecule has 0 atom stereocenters. The maximum Gasteiger partial charge on any atom is 0.267 e. The number of carbonyl (C=O) groups excluding carboxylic acids is 1. The molecule has 0 aliphatic heterocycles. The fraction of sp³-hybridized carbons (Fsp3) is 0.312. The maximum atomic E-state index is 12.2. The van der Waals surface area contributed by atoms with E-state index in [2.05, 4.69) is 5.32 Å². The number of rotatable bonds is 5. The van der Waals surface area contributed by atoms with Crippen molar-refractivity contribution in [2.24, 2.45) is 0 Å². The molecule has 0 unspecified atom stereocenters. The number of carbonyl (C=O) groups is 1. The number of nitrogens with one attached hydrogen (secondary N) is 1. The van der Waals surface area contributed by atoms with Crippen molar-refractivity contribution in [1.29, 1.82) is 0 Å². The van der Waals surface area contributed by atoms with Crippen LogP contribution in [0, 0.1) is 0 Å². The molecule has 2 N–H and O–H groups in total. The predicted molar refractivity (Wildman–Crippen MR) is 81.9 cm³/mol.